The van der Waals surface area contributed by atoms with Gasteiger partial charge in [0.1, 0.15) is 11.4 Å². The van der Waals surface area contributed by atoms with Crippen molar-refractivity contribution in [2.45, 2.75) is 26.4 Å². The number of para-hydroxylation sites is 1. The van der Waals surface area contributed by atoms with E-state index in [4.69, 9.17) is 21.1 Å². The number of carbonyl (C=O) groups is 1. The van der Waals surface area contributed by atoms with Gasteiger partial charge >= 0.3 is 5.97 Å². The van der Waals surface area contributed by atoms with E-state index in [1.165, 1.54) is 0 Å². The number of benzene rings is 2. The Morgan fingerprint density at radius 3 is 2.62 bits per heavy atom. The molecule has 0 unspecified atom stereocenters. The second-order valence-corrected chi connectivity index (χ2v) is 7.33. The van der Waals surface area contributed by atoms with Crippen molar-refractivity contribution in [3.05, 3.63) is 59.8 Å². The molecule has 0 aliphatic heterocycles. The topological polar surface area (TPSA) is 48.4 Å². The zero-order valence-electron chi connectivity index (χ0n) is 15.0. The van der Waals surface area contributed by atoms with Crippen LogP contribution in [0.25, 0.3) is 22.0 Å². The van der Waals surface area contributed by atoms with E-state index >= 15 is 0 Å². The number of aromatic nitrogens is 1. The molecule has 0 atom stereocenters. The first kappa shape index (κ1) is 18.2. The maximum absolute atomic E-state index is 12.0. The summed E-state index contributed by atoms with van der Waals surface area (Å²) in [5.74, 6) is 0.132. The number of esters is 1. The smallest absolute Gasteiger partial charge is 0.344 e. The van der Waals surface area contributed by atoms with Crippen molar-refractivity contribution in [1.29, 1.82) is 0 Å². The highest BCUT2D eigenvalue weighted by molar-refractivity contribution is 6.31. The van der Waals surface area contributed by atoms with Crippen molar-refractivity contribution in [3.63, 3.8) is 0 Å². The molecule has 0 saturated carbocycles. The van der Waals surface area contributed by atoms with Crippen molar-refractivity contribution in [2.75, 3.05) is 6.61 Å². The lowest BCUT2D eigenvalue weighted by atomic mass is 10.0. The molecule has 134 valence electrons. The van der Waals surface area contributed by atoms with Crippen LogP contribution in [0.15, 0.2) is 54.7 Å². The molecule has 1 aromatic heterocycles. The molecule has 0 bridgehead atoms. The summed E-state index contributed by atoms with van der Waals surface area (Å²) in [6.07, 6.45) is 1.75. The first-order valence-electron chi connectivity index (χ1n) is 8.32. The summed E-state index contributed by atoms with van der Waals surface area (Å²) in [5.41, 5.74) is 1.97. The maximum Gasteiger partial charge on any atom is 0.344 e. The minimum Gasteiger partial charge on any atom is -0.481 e. The predicted octanol–water partition coefficient (Wildman–Crippen LogP) is 5.28. The molecule has 0 aliphatic rings. The Bertz CT molecular complexity index is 942. The zero-order valence-corrected chi connectivity index (χ0v) is 15.7. The van der Waals surface area contributed by atoms with Crippen molar-refractivity contribution in [2.24, 2.45) is 0 Å². The van der Waals surface area contributed by atoms with Crippen LogP contribution in [0.4, 0.5) is 0 Å². The Morgan fingerprint density at radius 2 is 1.85 bits per heavy atom. The fraction of sp³-hybridized carbons (Fsp3) is 0.238. The third-order valence-electron chi connectivity index (χ3n) is 3.63. The Kier molecular flexibility index (Phi) is 5.14. The van der Waals surface area contributed by atoms with Crippen LogP contribution in [-0.2, 0) is 9.53 Å². The van der Waals surface area contributed by atoms with E-state index in [2.05, 4.69) is 4.98 Å². The van der Waals surface area contributed by atoms with Gasteiger partial charge in [0.25, 0.3) is 0 Å². The summed E-state index contributed by atoms with van der Waals surface area (Å²) >= 11 is 6.20. The van der Waals surface area contributed by atoms with Gasteiger partial charge in [0.2, 0.25) is 0 Å². The van der Waals surface area contributed by atoms with Gasteiger partial charge in [-0.15, -0.1) is 0 Å². The Hall–Kier alpha value is -2.59. The van der Waals surface area contributed by atoms with Crippen LogP contribution in [0.2, 0.25) is 5.02 Å². The molecule has 0 amide bonds. The summed E-state index contributed by atoms with van der Waals surface area (Å²) in [6.45, 7) is 5.28. The quantitative estimate of drug-likeness (QED) is 0.587. The normalized spacial score (nSPS) is 11.4. The van der Waals surface area contributed by atoms with Crippen molar-refractivity contribution in [1.82, 2.24) is 4.98 Å². The van der Waals surface area contributed by atoms with Crippen LogP contribution < -0.4 is 4.74 Å². The highest BCUT2D eigenvalue weighted by atomic mass is 35.5. The fourth-order valence-corrected chi connectivity index (χ4v) is 2.84. The summed E-state index contributed by atoms with van der Waals surface area (Å²) < 4.78 is 11.0. The summed E-state index contributed by atoms with van der Waals surface area (Å²) in [7, 11) is 0. The molecule has 3 rings (SSSR count). The van der Waals surface area contributed by atoms with Crippen LogP contribution in [0.5, 0.6) is 5.75 Å². The van der Waals surface area contributed by atoms with Gasteiger partial charge in [-0.1, -0.05) is 35.9 Å². The number of fused-ring (bicyclic) bond motifs is 1. The molecule has 26 heavy (non-hydrogen) atoms. The summed E-state index contributed by atoms with van der Waals surface area (Å²) in [4.78, 5) is 16.5. The minimum absolute atomic E-state index is 0.176. The number of ether oxygens (including phenoxy) is 2. The number of carbonyl (C=O) groups excluding carboxylic acids is 1. The molecular weight excluding hydrogens is 350 g/mol. The molecule has 3 aromatic rings. The van der Waals surface area contributed by atoms with Crippen molar-refractivity contribution in [3.8, 4) is 16.9 Å². The Morgan fingerprint density at radius 1 is 1.08 bits per heavy atom. The lowest BCUT2D eigenvalue weighted by Crippen LogP contribution is -2.27. The Labute approximate surface area is 157 Å². The van der Waals surface area contributed by atoms with E-state index in [1.54, 1.807) is 18.3 Å². The van der Waals surface area contributed by atoms with Crippen molar-refractivity contribution < 1.29 is 14.3 Å². The third kappa shape index (κ3) is 4.33. The standard InChI is InChI=1S/C21H20ClNO3/c1-21(2,3)26-19(24)13-25-18-10-9-15(22)12-17(18)16-8-4-6-14-7-5-11-23-20(14)16/h4-12H,13H2,1-3H3. The lowest BCUT2D eigenvalue weighted by molar-refractivity contribution is -0.157. The maximum atomic E-state index is 12.0. The Balaban J connectivity index is 1.95. The monoisotopic (exact) mass is 369 g/mol. The number of hydrogen-bond acceptors (Lipinski definition) is 4. The SMILES string of the molecule is CC(C)(C)OC(=O)COc1ccc(Cl)cc1-c1cccc2cccnc12. The van der Waals surface area contributed by atoms with Gasteiger partial charge in [0.15, 0.2) is 6.61 Å². The molecule has 4 nitrogen and oxygen atoms in total. The first-order chi connectivity index (χ1) is 12.3. The van der Waals surface area contributed by atoms with E-state index in [-0.39, 0.29) is 6.61 Å². The molecule has 0 fully saturated rings. The first-order valence-corrected chi connectivity index (χ1v) is 8.69. The number of halogens is 1. The highest BCUT2D eigenvalue weighted by Gasteiger charge is 2.18. The van der Waals surface area contributed by atoms with Crippen LogP contribution in [0.3, 0.4) is 0 Å². The third-order valence-corrected chi connectivity index (χ3v) is 3.87. The predicted molar refractivity (Wildman–Crippen MR) is 104 cm³/mol. The van der Waals surface area contributed by atoms with Gasteiger partial charge in [0, 0.05) is 27.7 Å². The van der Waals surface area contributed by atoms with Gasteiger partial charge in [-0.3, -0.25) is 4.98 Å². The molecule has 0 spiro atoms. The molecule has 0 saturated heterocycles. The van der Waals surface area contributed by atoms with Crippen molar-refractivity contribution >= 4 is 28.5 Å². The fourth-order valence-electron chi connectivity index (χ4n) is 2.67. The molecule has 0 aliphatic carbocycles. The number of nitrogens with zero attached hydrogens (tertiary/aromatic N) is 1. The molecular formula is C21H20ClNO3. The number of hydrogen-bond donors (Lipinski definition) is 0. The van der Waals surface area contributed by atoms with E-state index in [0.717, 1.165) is 22.0 Å². The van der Waals surface area contributed by atoms with Crippen LogP contribution in [0, 0.1) is 0 Å². The molecule has 0 N–H and O–H groups in total. The second-order valence-electron chi connectivity index (χ2n) is 6.90. The van der Waals surface area contributed by atoms with E-state index in [1.807, 2.05) is 57.2 Å². The van der Waals surface area contributed by atoms with Gasteiger partial charge < -0.3 is 9.47 Å². The summed E-state index contributed by atoms with van der Waals surface area (Å²) in [6, 6.07) is 15.1. The zero-order chi connectivity index (χ0) is 18.7. The molecule has 2 aromatic carbocycles. The molecule has 5 heteroatoms. The average Bonchev–Trinajstić information content (AvgIpc) is 2.58. The molecule has 1 heterocycles. The van der Waals surface area contributed by atoms with Gasteiger partial charge in [0.05, 0.1) is 5.52 Å². The van der Waals surface area contributed by atoms with Crippen LogP contribution in [0.1, 0.15) is 20.8 Å². The van der Waals surface area contributed by atoms with E-state index in [9.17, 15) is 4.79 Å². The number of rotatable bonds is 4. The minimum atomic E-state index is -0.553. The largest absolute Gasteiger partial charge is 0.481 e. The summed E-state index contributed by atoms with van der Waals surface area (Å²) in [5, 5.41) is 1.60. The highest BCUT2D eigenvalue weighted by Crippen LogP contribution is 2.36. The van der Waals surface area contributed by atoms with Gasteiger partial charge in [-0.2, -0.15) is 0 Å². The van der Waals surface area contributed by atoms with E-state index in [0.29, 0.717) is 10.8 Å². The van der Waals surface area contributed by atoms with E-state index < -0.39 is 11.6 Å². The van der Waals surface area contributed by atoms with Crippen LogP contribution in [-0.4, -0.2) is 23.2 Å². The lowest BCUT2D eigenvalue weighted by Gasteiger charge is -2.20. The van der Waals surface area contributed by atoms with Crippen LogP contribution >= 0.6 is 11.6 Å². The average molecular weight is 370 g/mol. The second kappa shape index (κ2) is 7.34. The number of pyridine rings is 1. The van der Waals surface area contributed by atoms with Gasteiger partial charge in [-0.25, -0.2) is 4.79 Å². The van der Waals surface area contributed by atoms with Gasteiger partial charge in [-0.05, 0) is 45.0 Å². The molecule has 0 radical (unpaired) electrons.